The van der Waals surface area contributed by atoms with Crippen LogP contribution in [-0.4, -0.2) is 43.9 Å². The molecule has 2 aromatic heterocycles. The van der Waals surface area contributed by atoms with Crippen molar-refractivity contribution in [3.05, 3.63) is 74.0 Å². The normalized spacial score (nSPS) is 14.2. The summed E-state index contributed by atoms with van der Waals surface area (Å²) in [6.07, 6.45) is -5.64. The van der Waals surface area contributed by atoms with Gasteiger partial charge in [0.05, 0.1) is 24.3 Å². The number of H-pyrrole nitrogens is 2. The molecule has 0 aliphatic carbocycles. The van der Waals surface area contributed by atoms with Crippen molar-refractivity contribution in [2.24, 2.45) is 0 Å². The van der Waals surface area contributed by atoms with Crippen LogP contribution < -0.4 is 10.1 Å². The number of halogens is 6. The van der Waals surface area contributed by atoms with Gasteiger partial charge in [0.2, 0.25) is 0 Å². The smallest absolute Gasteiger partial charge is 0.325 e. The number of fused-ring (bicyclic) bond motifs is 1. The molecule has 8 nitrogen and oxygen atoms in total. The molecule has 0 fully saturated rings. The van der Waals surface area contributed by atoms with E-state index in [-0.39, 0.29) is 43.0 Å². The number of aromatic amines is 2. The van der Waals surface area contributed by atoms with Crippen molar-refractivity contribution in [2.45, 2.75) is 45.5 Å². The van der Waals surface area contributed by atoms with Crippen LogP contribution in [0.2, 0.25) is 0 Å². The fourth-order valence-corrected chi connectivity index (χ4v) is 3.80. The number of hydrogen-bond donors (Lipinski definition) is 2. The van der Waals surface area contributed by atoms with Crippen molar-refractivity contribution in [1.82, 2.24) is 25.3 Å². The van der Waals surface area contributed by atoms with Crippen molar-refractivity contribution < 1.29 is 35.7 Å². The fourth-order valence-electron chi connectivity index (χ4n) is 3.80. The SMILES string of the molecule is Cc1c(Cc2ccc(F)c(C(=O)N3CC[n+]4c(C(F)(F)C(F)(F)F)n[nH]c4C3)c2)n[nH]c(=O)c1C. The monoisotopic (exact) mass is 501 g/mol. The molecule has 0 unspecified atom stereocenters. The summed E-state index contributed by atoms with van der Waals surface area (Å²) in [7, 11) is 0. The van der Waals surface area contributed by atoms with Crippen LogP contribution >= 0.6 is 0 Å². The number of alkyl halides is 5. The lowest BCUT2D eigenvalue weighted by Crippen LogP contribution is -2.56. The minimum atomic E-state index is -5.84. The van der Waals surface area contributed by atoms with Crippen molar-refractivity contribution in [1.29, 1.82) is 0 Å². The second-order valence-electron chi connectivity index (χ2n) is 8.18. The van der Waals surface area contributed by atoms with Crippen LogP contribution in [0.5, 0.6) is 0 Å². The molecule has 0 saturated carbocycles. The molecule has 2 N–H and O–H groups in total. The largest absolute Gasteiger partial charge is 0.464 e. The van der Waals surface area contributed by atoms with Gasteiger partial charge in [-0.05, 0) is 37.1 Å². The lowest BCUT2D eigenvalue weighted by Gasteiger charge is -2.26. The van der Waals surface area contributed by atoms with E-state index in [1.807, 2.05) is 0 Å². The number of rotatable bonds is 4. The fraction of sp³-hybridized carbons (Fsp3) is 0.381. The number of hydrogen-bond acceptors (Lipinski definition) is 4. The molecule has 0 saturated heterocycles. The second-order valence-corrected chi connectivity index (χ2v) is 8.18. The number of carbonyl (C=O) groups excluding carboxylic acids is 1. The summed E-state index contributed by atoms with van der Waals surface area (Å²) in [5.41, 5.74) is 1.55. The molecule has 1 aromatic carbocycles. The molecular weight excluding hydrogens is 482 g/mol. The Morgan fingerprint density at radius 2 is 1.83 bits per heavy atom. The Kier molecular flexibility index (Phi) is 5.93. The molecule has 1 aliphatic heterocycles. The minimum absolute atomic E-state index is 0.149. The number of nitrogens with one attached hydrogen (secondary N) is 2. The average Bonchev–Trinajstić information content (AvgIpc) is 3.23. The van der Waals surface area contributed by atoms with Gasteiger partial charge in [-0.2, -0.15) is 27.1 Å². The predicted octanol–water partition coefficient (Wildman–Crippen LogP) is 2.44. The highest BCUT2D eigenvalue weighted by molar-refractivity contribution is 5.94. The molecule has 0 radical (unpaired) electrons. The molecule has 3 aromatic rings. The first-order chi connectivity index (χ1) is 16.3. The van der Waals surface area contributed by atoms with E-state index in [1.54, 1.807) is 13.8 Å². The molecule has 3 heterocycles. The van der Waals surface area contributed by atoms with Crippen molar-refractivity contribution in [2.75, 3.05) is 6.54 Å². The van der Waals surface area contributed by atoms with Crippen LogP contribution in [0.25, 0.3) is 0 Å². The Bertz CT molecular complexity index is 1360. The summed E-state index contributed by atoms with van der Waals surface area (Å²) in [4.78, 5) is 25.8. The number of aromatic nitrogens is 5. The quantitative estimate of drug-likeness (QED) is 0.424. The summed E-state index contributed by atoms with van der Waals surface area (Å²) < 4.78 is 81.0. The predicted molar refractivity (Wildman–Crippen MR) is 107 cm³/mol. The Balaban J connectivity index is 1.58. The highest BCUT2D eigenvalue weighted by atomic mass is 19.4. The van der Waals surface area contributed by atoms with E-state index in [1.165, 1.54) is 12.1 Å². The molecule has 35 heavy (non-hydrogen) atoms. The third kappa shape index (κ3) is 4.28. The van der Waals surface area contributed by atoms with Crippen LogP contribution in [0.15, 0.2) is 23.0 Å². The second kappa shape index (κ2) is 8.50. The van der Waals surface area contributed by atoms with E-state index in [4.69, 9.17) is 0 Å². The van der Waals surface area contributed by atoms with Gasteiger partial charge < -0.3 is 4.90 Å². The van der Waals surface area contributed by atoms with E-state index < -0.39 is 29.6 Å². The van der Waals surface area contributed by atoms with Gasteiger partial charge in [-0.25, -0.2) is 14.1 Å². The van der Waals surface area contributed by atoms with E-state index >= 15 is 0 Å². The maximum absolute atomic E-state index is 14.5. The third-order valence-corrected chi connectivity index (χ3v) is 5.99. The van der Waals surface area contributed by atoms with Gasteiger partial charge in [-0.3, -0.25) is 9.59 Å². The van der Waals surface area contributed by atoms with E-state index in [2.05, 4.69) is 20.4 Å². The summed E-state index contributed by atoms with van der Waals surface area (Å²) in [5, 5.41) is 11.6. The van der Waals surface area contributed by atoms with E-state index in [0.29, 0.717) is 27.0 Å². The first kappa shape index (κ1) is 24.4. The van der Waals surface area contributed by atoms with Crippen LogP contribution in [0, 0.1) is 19.7 Å². The Hall–Kier alpha value is -3.71. The standard InChI is InChI=1S/C21H18F6N6O2/c1-10-11(2)17(34)30-28-15(10)8-12-3-4-14(22)13(7-12)18(35)32-5-6-33-16(9-32)29-31-19(33)20(23,24)21(25,26)27/h3-4,7H,5-6,8-9H2,1-2H3,(H,30,34)/p+1. The molecular formula is C21H19F6N6O2+. The molecule has 186 valence electrons. The molecule has 4 rings (SSSR count). The highest BCUT2D eigenvalue weighted by Gasteiger charge is 2.66. The van der Waals surface area contributed by atoms with Gasteiger partial charge in [0, 0.05) is 17.1 Å². The van der Waals surface area contributed by atoms with Gasteiger partial charge in [0.1, 0.15) is 12.4 Å². The summed E-state index contributed by atoms with van der Waals surface area (Å²) in [5.74, 6) is -8.42. The molecule has 14 heteroatoms. The summed E-state index contributed by atoms with van der Waals surface area (Å²) in [6.45, 7) is 2.35. The number of carbonyl (C=O) groups is 1. The van der Waals surface area contributed by atoms with Crippen LogP contribution in [0.4, 0.5) is 26.3 Å². The molecule has 0 atom stereocenters. The van der Waals surface area contributed by atoms with Gasteiger partial charge in [-0.1, -0.05) is 6.07 Å². The maximum Gasteiger partial charge on any atom is 0.464 e. The topological polar surface area (TPSA) is 98.6 Å². The summed E-state index contributed by atoms with van der Waals surface area (Å²) in [6, 6.07) is 3.87. The average molecular weight is 501 g/mol. The minimum Gasteiger partial charge on any atom is -0.325 e. The van der Waals surface area contributed by atoms with Gasteiger partial charge in [-0.15, -0.1) is 5.10 Å². The zero-order valence-corrected chi connectivity index (χ0v) is 18.4. The van der Waals surface area contributed by atoms with Crippen LogP contribution in [0.1, 0.15) is 44.4 Å². The lowest BCUT2D eigenvalue weighted by molar-refractivity contribution is -0.727. The van der Waals surface area contributed by atoms with Gasteiger partial charge in [0.25, 0.3) is 17.3 Å². The first-order valence-electron chi connectivity index (χ1n) is 10.4. The van der Waals surface area contributed by atoms with Crippen molar-refractivity contribution >= 4 is 5.91 Å². The first-order valence-corrected chi connectivity index (χ1v) is 10.4. The molecule has 0 bridgehead atoms. The van der Waals surface area contributed by atoms with Crippen LogP contribution in [0.3, 0.4) is 0 Å². The number of nitrogens with zero attached hydrogens (tertiary/aromatic N) is 4. The van der Waals surface area contributed by atoms with E-state index in [9.17, 15) is 35.9 Å². The molecule has 1 aliphatic rings. The zero-order chi connectivity index (χ0) is 25.7. The third-order valence-electron chi connectivity index (χ3n) is 5.99. The lowest BCUT2D eigenvalue weighted by atomic mass is 10.0. The van der Waals surface area contributed by atoms with E-state index in [0.717, 1.165) is 11.0 Å². The molecule has 1 amide bonds. The Labute approximate surface area is 193 Å². The number of amides is 1. The van der Waals surface area contributed by atoms with Gasteiger partial charge >= 0.3 is 17.9 Å². The van der Waals surface area contributed by atoms with Crippen molar-refractivity contribution in [3.8, 4) is 0 Å². The zero-order valence-electron chi connectivity index (χ0n) is 18.4. The van der Waals surface area contributed by atoms with Gasteiger partial charge in [0.15, 0.2) is 0 Å². The maximum atomic E-state index is 14.5. The highest BCUT2D eigenvalue weighted by Crippen LogP contribution is 2.41. The number of benzene rings is 1. The van der Waals surface area contributed by atoms with Crippen molar-refractivity contribution in [3.63, 3.8) is 0 Å². The molecule has 0 spiro atoms. The Morgan fingerprint density at radius 3 is 2.51 bits per heavy atom. The van der Waals surface area contributed by atoms with Crippen LogP contribution in [-0.2, 0) is 25.4 Å². The summed E-state index contributed by atoms with van der Waals surface area (Å²) >= 11 is 0. The Morgan fingerprint density at radius 1 is 1.11 bits per heavy atom.